The van der Waals surface area contributed by atoms with Crippen molar-refractivity contribution in [2.24, 2.45) is 0 Å². The van der Waals surface area contributed by atoms with Crippen molar-refractivity contribution >= 4 is 22.6 Å². The summed E-state index contributed by atoms with van der Waals surface area (Å²) in [5.74, 6) is -0.309. The number of ether oxygens (including phenoxy) is 1. The number of nitrogens with zero attached hydrogens (tertiary/aromatic N) is 2. The Morgan fingerprint density at radius 2 is 2.46 bits per heavy atom. The van der Waals surface area contributed by atoms with E-state index in [1.807, 2.05) is 22.6 Å². The van der Waals surface area contributed by atoms with Gasteiger partial charge in [-0.05, 0) is 41.9 Å². The van der Waals surface area contributed by atoms with Crippen molar-refractivity contribution in [1.29, 1.82) is 0 Å². The van der Waals surface area contributed by atoms with E-state index in [2.05, 4.69) is 5.10 Å². The zero-order valence-electron chi connectivity index (χ0n) is 7.04. The van der Waals surface area contributed by atoms with Crippen LogP contribution in [0, 0.1) is 9.65 Å². The van der Waals surface area contributed by atoms with Crippen molar-refractivity contribution in [3.05, 3.63) is 15.7 Å². The summed E-state index contributed by atoms with van der Waals surface area (Å²) >= 11 is 1.99. The maximum Gasteiger partial charge on any atom is 0.214 e. The third kappa shape index (κ3) is 2.01. The highest BCUT2D eigenvalue weighted by atomic mass is 127. The van der Waals surface area contributed by atoms with Gasteiger partial charge in [0.15, 0.2) is 6.23 Å². The Balaban J connectivity index is 2.18. The van der Waals surface area contributed by atoms with Crippen molar-refractivity contribution in [1.82, 2.24) is 9.78 Å². The molecule has 2 heterocycles. The topological polar surface area (TPSA) is 27.1 Å². The molecule has 0 spiro atoms. The number of hydrogen-bond acceptors (Lipinski definition) is 2. The van der Waals surface area contributed by atoms with E-state index in [0.717, 1.165) is 19.3 Å². The maximum atomic E-state index is 13.2. The molecule has 0 aliphatic carbocycles. The van der Waals surface area contributed by atoms with Crippen LogP contribution >= 0.6 is 22.6 Å². The van der Waals surface area contributed by atoms with Gasteiger partial charge in [0.1, 0.15) is 3.70 Å². The minimum Gasteiger partial charge on any atom is -0.356 e. The molecule has 1 aromatic rings. The smallest absolute Gasteiger partial charge is 0.214 e. The molecule has 1 aliphatic heterocycles. The maximum absolute atomic E-state index is 13.2. The minimum absolute atomic E-state index is 0.197. The number of aromatic nitrogens is 2. The average Bonchev–Trinajstić information content (AvgIpc) is 2.47. The summed E-state index contributed by atoms with van der Waals surface area (Å²) in [4.78, 5) is 0. The van der Waals surface area contributed by atoms with Gasteiger partial charge in [-0.1, -0.05) is 0 Å². The molecule has 1 saturated heterocycles. The molecule has 1 unspecified atom stereocenters. The lowest BCUT2D eigenvalue weighted by Crippen LogP contribution is -2.20. The molecule has 0 bridgehead atoms. The molecule has 0 N–H and O–H groups in total. The zero-order chi connectivity index (χ0) is 9.26. The highest BCUT2D eigenvalue weighted by Crippen LogP contribution is 2.23. The summed E-state index contributed by atoms with van der Waals surface area (Å²) in [7, 11) is 0. The zero-order valence-corrected chi connectivity index (χ0v) is 9.20. The van der Waals surface area contributed by atoms with Crippen LogP contribution in [0.15, 0.2) is 6.07 Å². The highest BCUT2D eigenvalue weighted by molar-refractivity contribution is 14.1. The first kappa shape index (κ1) is 9.39. The Labute approximate surface area is 89.4 Å². The second kappa shape index (κ2) is 3.91. The van der Waals surface area contributed by atoms with E-state index in [1.165, 1.54) is 10.7 Å². The van der Waals surface area contributed by atoms with E-state index >= 15 is 0 Å². The fraction of sp³-hybridized carbons (Fsp3) is 0.625. The molecule has 5 heteroatoms. The summed E-state index contributed by atoms with van der Waals surface area (Å²) < 4.78 is 20.6. The summed E-state index contributed by atoms with van der Waals surface area (Å²) in [5, 5.41) is 4.04. The lowest BCUT2D eigenvalue weighted by molar-refractivity contribution is -0.0460. The lowest BCUT2D eigenvalue weighted by atomic mass is 10.2. The van der Waals surface area contributed by atoms with Gasteiger partial charge in [-0.2, -0.15) is 9.49 Å². The normalized spacial score (nSPS) is 23.4. The standard InChI is InChI=1S/C8H10FIN2O/c9-6-5-7(10)11-12(6)8-3-1-2-4-13-8/h5,8H,1-4H2. The Morgan fingerprint density at radius 1 is 1.62 bits per heavy atom. The molecule has 3 nitrogen and oxygen atoms in total. The SMILES string of the molecule is Fc1cc(I)nn1C1CCCCO1. The van der Waals surface area contributed by atoms with Crippen LogP contribution in [-0.2, 0) is 4.74 Å². The van der Waals surface area contributed by atoms with E-state index in [0.29, 0.717) is 10.3 Å². The summed E-state index contributed by atoms with van der Waals surface area (Å²) in [6.45, 7) is 0.709. The molecule has 13 heavy (non-hydrogen) atoms. The number of rotatable bonds is 1. The summed E-state index contributed by atoms with van der Waals surface area (Å²) in [6, 6.07) is 1.42. The van der Waals surface area contributed by atoms with Gasteiger partial charge in [0.25, 0.3) is 0 Å². The summed E-state index contributed by atoms with van der Waals surface area (Å²) in [6.07, 6.45) is 2.81. The third-order valence-corrected chi connectivity index (χ3v) is 2.62. The Morgan fingerprint density at radius 3 is 3.00 bits per heavy atom. The van der Waals surface area contributed by atoms with Crippen LogP contribution in [0.5, 0.6) is 0 Å². The van der Waals surface area contributed by atoms with E-state index in [4.69, 9.17) is 4.74 Å². The van der Waals surface area contributed by atoms with Gasteiger partial charge >= 0.3 is 0 Å². The van der Waals surface area contributed by atoms with Gasteiger partial charge in [0, 0.05) is 12.7 Å². The molecule has 1 aromatic heterocycles. The first-order valence-corrected chi connectivity index (χ1v) is 5.37. The highest BCUT2D eigenvalue weighted by Gasteiger charge is 2.19. The third-order valence-electron chi connectivity index (χ3n) is 2.09. The van der Waals surface area contributed by atoms with Gasteiger partial charge in [-0.25, -0.2) is 4.68 Å². The van der Waals surface area contributed by atoms with Crippen molar-refractivity contribution in [3.8, 4) is 0 Å². The minimum atomic E-state index is -0.309. The van der Waals surface area contributed by atoms with Crippen LogP contribution in [-0.4, -0.2) is 16.4 Å². The van der Waals surface area contributed by atoms with E-state index < -0.39 is 0 Å². The van der Waals surface area contributed by atoms with Crippen LogP contribution < -0.4 is 0 Å². The van der Waals surface area contributed by atoms with Crippen molar-refractivity contribution < 1.29 is 9.13 Å². The molecule has 0 aromatic carbocycles. The summed E-state index contributed by atoms with van der Waals surface area (Å²) in [5.41, 5.74) is 0. The van der Waals surface area contributed by atoms with Crippen molar-refractivity contribution in [3.63, 3.8) is 0 Å². The van der Waals surface area contributed by atoms with Crippen molar-refractivity contribution in [2.45, 2.75) is 25.5 Å². The van der Waals surface area contributed by atoms with Gasteiger partial charge in [-0.15, -0.1) is 0 Å². The average molecular weight is 296 g/mol. The Kier molecular flexibility index (Phi) is 2.83. The molecular formula is C8H10FIN2O. The molecule has 0 amide bonds. The van der Waals surface area contributed by atoms with E-state index in [-0.39, 0.29) is 12.2 Å². The van der Waals surface area contributed by atoms with Crippen molar-refractivity contribution in [2.75, 3.05) is 6.61 Å². The molecule has 1 fully saturated rings. The predicted octanol–water partition coefficient (Wildman–Crippen LogP) is 2.33. The Hall–Kier alpha value is -0.170. The molecule has 1 atom stereocenters. The monoisotopic (exact) mass is 296 g/mol. The number of halogens is 2. The molecule has 72 valence electrons. The molecule has 0 radical (unpaired) electrons. The first-order valence-electron chi connectivity index (χ1n) is 4.29. The second-order valence-electron chi connectivity index (χ2n) is 3.06. The Bertz CT molecular complexity index is 296. The van der Waals surface area contributed by atoms with Crippen LogP contribution in [0.2, 0.25) is 0 Å². The van der Waals surface area contributed by atoms with Gasteiger partial charge in [0.05, 0.1) is 0 Å². The molecular weight excluding hydrogens is 286 g/mol. The lowest BCUT2D eigenvalue weighted by Gasteiger charge is -2.22. The van der Waals surface area contributed by atoms with Crippen LogP contribution in [0.3, 0.4) is 0 Å². The number of hydrogen-bond donors (Lipinski definition) is 0. The predicted molar refractivity (Wildman–Crippen MR) is 53.7 cm³/mol. The quantitative estimate of drug-likeness (QED) is 0.744. The second-order valence-corrected chi connectivity index (χ2v) is 4.16. The fourth-order valence-electron chi connectivity index (χ4n) is 1.46. The van der Waals surface area contributed by atoms with Crippen LogP contribution in [0.1, 0.15) is 25.5 Å². The van der Waals surface area contributed by atoms with Crippen LogP contribution in [0.25, 0.3) is 0 Å². The van der Waals surface area contributed by atoms with Gasteiger partial charge in [0.2, 0.25) is 5.95 Å². The molecule has 2 rings (SSSR count). The van der Waals surface area contributed by atoms with E-state index in [1.54, 1.807) is 0 Å². The van der Waals surface area contributed by atoms with Gasteiger partial charge in [-0.3, -0.25) is 0 Å². The van der Waals surface area contributed by atoms with Gasteiger partial charge < -0.3 is 4.74 Å². The molecule has 1 aliphatic rings. The van der Waals surface area contributed by atoms with E-state index in [9.17, 15) is 4.39 Å². The fourth-order valence-corrected chi connectivity index (χ4v) is 1.95. The first-order chi connectivity index (χ1) is 6.27. The van der Waals surface area contributed by atoms with Crippen LogP contribution in [0.4, 0.5) is 4.39 Å². The molecule has 0 saturated carbocycles. The largest absolute Gasteiger partial charge is 0.356 e.